The third-order valence-electron chi connectivity index (χ3n) is 1.70. The molecule has 0 aromatic carbocycles. The quantitative estimate of drug-likeness (QED) is 0.259. The molecule has 0 radical (unpaired) electrons. The summed E-state index contributed by atoms with van der Waals surface area (Å²) in [4.78, 5) is 19.3. The fourth-order valence-corrected chi connectivity index (χ4v) is 1.80. The van der Waals surface area contributed by atoms with Crippen molar-refractivity contribution < 1.29 is 4.79 Å². The van der Waals surface area contributed by atoms with Gasteiger partial charge < -0.3 is 0 Å². The highest BCUT2D eigenvalue weighted by atomic mass is 32.2. The average molecular weight is 226 g/mol. The Morgan fingerprint density at radius 2 is 2.20 bits per heavy atom. The number of nitrogens with two attached hydrogens (primary N) is 1. The number of amides is 1. The fraction of sp³-hybridized carbons (Fsp3) is 0.444. The summed E-state index contributed by atoms with van der Waals surface area (Å²) >= 11 is 1.46. The summed E-state index contributed by atoms with van der Waals surface area (Å²) in [6, 6.07) is 0. The SMILES string of the molecule is Cc1cnc(SC(C)CC(=O)NN)nc1. The molecule has 0 aliphatic heterocycles. The summed E-state index contributed by atoms with van der Waals surface area (Å²) in [5.74, 6) is 4.81. The molecule has 1 amide bonds. The monoisotopic (exact) mass is 226 g/mol. The molecule has 0 saturated carbocycles. The number of hydrazine groups is 1. The predicted molar refractivity (Wildman–Crippen MR) is 59.0 cm³/mol. The molecule has 6 heteroatoms. The highest BCUT2D eigenvalue weighted by molar-refractivity contribution is 7.99. The van der Waals surface area contributed by atoms with Crippen LogP contribution in [0, 0.1) is 6.92 Å². The van der Waals surface area contributed by atoms with Gasteiger partial charge in [-0.25, -0.2) is 15.8 Å². The number of aromatic nitrogens is 2. The van der Waals surface area contributed by atoms with Gasteiger partial charge >= 0.3 is 0 Å². The zero-order chi connectivity index (χ0) is 11.3. The fourth-order valence-electron chi connectivity index (χ4n) is 0.983. The van der Waals surface area contributed by atoms with Crippen LogP contribution in [0.4, 0.5) is 0 Å². The van der Waals surface area contributed by atoms with Crippen LogP contribution in [0.25, 0.3) is 0 Å². The number of nitrogens with zero attached hydrogens (tertiary/aromatic N) is 2. The standard InChI is InChI=1S/C9H14N4OS/c1-6-4-11-9(12-5-6)15-7(2)3-8(14)13-10/h4-5,7H,3,10H2,1-2H3,(H,13,14). The third kappa shape index (κ3) is 4.26. The predicted octanol–water partition coefficient (Wildman–Crippen LogP) is 0.646. The molecule has 1 rings (SSSR count). The molecule has 1 heterocycles. The van der Waals surface area contributed by atoms with Gasteiger partial charge in [0.1, 0.15) is 0 Å². The lowest BCUT2D eigenvalue weighted by atomic mass is 10.3. The summed E-state index contributed by atoms with van der Waals surface area (Å²) in [6.07, 6.45) is 3.87. The molecular weight excluding hydrogens is 212 g/mol. The number of hydrogen-bond acceptors (Lipinski definition) is 5. The number of rotatable bonds is 4. The Morgan fingerprint density at radius 3 is 2.73 bits per heavy atom. The summed E-state index contributed by atoms with van der Waals surface area (Å²) in [5, 5.41) is 0.786. The van der Waals surface area contributed by atoms with Gasteiger partial charge in [0.05, 0.1) is 0 Å². The normalized spacial score (nSPS) is 12.2. The van der Waals surface area contributed by atoms with E-state index in [0.717, 1.165) is 5.56 Å². The van der Waals surface area contributed by atoms with Gasteiger partial charge in [0.2, 0.25) is 5.91 Å². The van der Waals surface area contributed by atoms with E-state index in [1.54, 1.807) is 12.4 Å². The Balaban J connectivity index is 2.47. The van der Waals surface area contributed by atoms with E-state index in [9.17, 15) is 4.79 Å². The van der Waals surface area contributed by atoms with Gasteiger partial charge in [0.25, 0.3) is 0 Å². The number of carbonyl (C=O) groups is 1. The molecular formula is C9H14N4OS. The first kappa shape index (κ1) is 11.9. The van der Waals surface area contributed by atoms with Crippen LogP contribution in [-0.2, 0) is 4.79 Å². The van der Waals surface area contributed by atoms with Gasteiger partial charge in [-0.05, 0) is 12.5 Å². The summed E-state index contributed by atoms with van der Waals surface area (Å²) < 4.78 is 0. The van der Waals surface area contributed by atoms with E-state index in [2.05, 4.69) is 15.4 Å². The van der Waals surface area contributed by atoms with Crippen LogP contribution in [0.3, 0.4) is 0 Å². The van der Waals surface area contributed by atoms with Crippen LogP contribution in [0.1, 0.15) is 18.9 Å². The Morgan fingerprint density at radius 1 is 1.60 bits per heavy atom. The lowest BCUT2D eigenvalue weighted by Gasteiger charge is -2.08. The van der Waals surface area contributed by atoms with E-state index in [4.69, 9.17) is 5.84 Å². The Labute approximate surface area is 92.8 Å². The van der Waals surface area contributed by atoms with Crippen molar-refractivity contribution in [3.8, 4) is 0 Å². The van der Waals surface area contributed by atoms with Crippen LogP contribution in [0.15, 0.2) is 17.6 Å². The Bertz CT molecular complexity index is 327. The molecule has 82 valence electrons. The van der Waals surface area contributed by atoms with Crippen LogP contribution in [0.5, 0.6) is 0 Å². The van der Waals surface area contributed by atoms with E-state index >= 15 is 0 Å². The first-order chi connectivity index (χ1) is 7.11. The minimum Gasteiger partial charge on any atom is -0.294 e. The molecule has 5 nitrogen and oxygen atoms in total. The largest absolute Gasteiger partial charge is 0.294 e. The van der Waals surface area contributed by atoms with Crippen molar-refractivity contribution in [2.24, 2.45) is 5.84 Å². The molecule has 1 unspecified atom stereocenters. The van der Waals surface area contributed by atoms with Gasteiger partial charge in [-0.3, -0.25) is 10.2 Å². The summed E-state index contributed by atoms with van der Waals surface area (Å²) in [6.45, 7) is 3.86. The summed E-state index contributed by atoms with van der Waals surface area (Å²) in [7, 11) is 0. The molecule has 0 spiro atoms. The first-order valence-electron chi connectivity index (χ1n) is 4.56. The maximum absolute atomic E-state index is 11.0. The number of carbonyl (C=O) groups excluding carboxylic acids is 1. The molecule has 0 aliphatic carbocycles. The van der Waals surface area contributed by atoms with Crippen molar-refractivity contribution in [2.45, 2.75) is 30.7 Å². The zero-order valence-electron chi connectivity index (χ0n) is 8.73. The van der Waals surface area contributed by atoms with E-state index in [0.29, 0.717) is 11.6 Å². The molecule has 0 aliphatic rings. The van der Waals surface area contributed by atoms with Gasteiger partial charge in [0, 0.05) is 24.1 Å². The van der Waals surface area contributed by atoms with Crippen molar-refractivity contribution >= 4 is 17.7 Å². The van der Waals surface area contributed by atoms with E-state index in [-0.39, 0.29) is 11.2 Å². The second-order valence-corrected chi connectivity index (χ2v) is 4.65. The number of hydrogen-bond donors (Lipinski definition) is 2. The molecule has 0 fully saturated rings. The smallest absolute Gasteiger partial charge is 0.234 e. The number of thioether (sulfide) groups is 1. The van der Waals surface area contributed by atoms with Crippen LogP contribution in [-0.4, -0.2) is 21.1 Å². The maximum Gasteiger partial charge on any atom is 0.234 e. The number of nitrogens with one attached hydrogen (secondary N) is 1. The Kier molecular flexibility index (Phi) is 4.51. The molecule has 1 atom stereocenters. The van der Waals surface area contributed by atoms with Gasteiger partial charge in [0.15, 0.2) is 5.16 Å². The lowest BCUT2D eigenvalue weighted by Crippen LogP contribution is -2.31. The van der Waals surface area contributed by atoms with Crippen molar-refractivity contribution in [3.63, 3.8) is 0 Å². The third-order valence-corrected chi connectivity index (χ3v) is 2.69. The van der Waals surface area contributed by atoms with Crippen molar-refractivity contribution in [1.82, 2.24) is 15.4 Å². The van der Waals surface area contributed by atoms with Crippen LogP contribution < -0.4 is 11.3 Å². The highest BCUT2D eigenvalue weighted by Gasteiger charge is 2.10. The molecule has 1 aromatic rings. The van der Waals surface area contributed by atoms with Crippen LogP contribution in [0.2, 0.25) is 0 Å². The van der Waals surface area contributed by atoms with E-state index in [1.807, 2.05) is 13.8 Å². The average Bonchev–Trinajstić information content (AvgIpc) is 2.21. The van der Waals surface area contributed by atoms with Crippen LogP contribution >= 0.6 is 11.8 Å². The minimum absolute atomic E-state index is 0.108. The second kappa shape index (κ2) is 5.67. The van der Waals surface area contributed by atoms with Gasteiger partial charge in [-0.2, -0.15) is 0 Å². The lowest BCUT2D eigenvalue weighted by molar-refractivity contribution is -0.121. The van der Waals surface area contributed by atoms with Gasteiger partial charge in [-0.15, -0.1) is 0 Å². The van der Waals surface area contributed by atoms with Crippen molar-refractivity contribution in [1.29, 1.82) is 0 Å². The van der Waals surface area contributed by atoms with E-state index < -0.39 is 0 Å². The highest BCUT2D eigenvalue weighted by Crippen LogP contribution is 2.20. The van der Waals surface area contributed by atoms with Crippen molar-refractivity contribution in [3.05, 3.63) is 18.0 Å². The molecule has 1 aromatic heterocycles. The Hall–Kier alpha value is -1.14. The zero-order valence-corrected chi connectivity index (χ0v) is 9.54. The number of aryl methyl sites for hydroxylation is 1. The topological polar surface area (TPSA) is 80.9 Å². The minimum atomic E-state index is -0.179. The maximum atomic E-state index is 11.0. The first-order valence-corrected chi connectivity index (χ1v) is 5.44. The molecule has 0 saturated heterocycles. The van der Waals surface area contributed by atoms with Gasteiger partial charge in [-0.1, -0.05) is 18.7 Å². The summed E-state index contributed by atoms with van der Waals surface area (Å²) in [5.41, 5.74) is 3.12. The van der Waals surface area contributed by atoms with Crippen molar-refractivity contribution in [2.75, 3.05) is 0 Å². The van der Waals surface area contributed by atoms with E-state index in [1.165, 1.54) is 11.8 Å². The molecule has 15 heavy (non-hydrogen) atoms. The molecule has 0 bridgehead atoms. The molecule has 3 N–H and O–H groups in total. The second-order valence-electron chi connectivity index (χ2n) is 3.24.